The lowest BCUT2D eigenvalue weighted by molar-refractivity contribution is -0.155. The van der Waals surface area contributed by atoms with Gasteiger partial charge in [0, 0.05) is 15.3 Å². The van der Waals surface area contributed by atoms with Crippen LogP contribution in [-0.2, 0) is 19.2 Å². The summed E-state index contributed by atoms with van der Waals surface area (Å²) >= 11 is 9.71. The summed E-state index contributed by atoms with van der Waals surface area (Å²) in [5.41, 5.74) is 6.06. The van der Waals surface area contributed by atoms with Gasteiger partial charge in [0.05, 0.1) is 16.3 Å². The molecule has 38 heavy (non-hydrogen) atoms. The second kappa shape index (κ2) is 10.8. The molecule has 2 aliphatic heterocycles. The Morgan fingerprint density at radius 1 is 1.39 bits per heavy atom. The second-order valence-corrected chi connectivity index (χ2v) is 11.8. The average Bonchev–Trinajstić information content (AvgIpc) is 3.49. The first kappa shape index (κ1) is 26.3. The third-order valence-corrected chi connectivity index (χ3v) is 8.88. The van der Waals surface area contributed by atoms with Gasteiger partial charge in [-0.3, -0.25) is 14.5 Å². The monoisotopic (exact) mass is 596 g/mol. The fourth-order valence-electron chi connectivity index (χ4n) is 4.11. The third kappa shape index (κ3) is 5.06. The number of anilines is 1. The van der Waals surface area contributed by atoms with Gasteiger partial charge in [-0.1, -0.05) is 28.5 Å². The Morgan fingerprint density at radius 2 is 2.21 bits per heavy atom. The van der Waals surface area contributed by atoms with Crippen LogP contribution >= 0.6 is 46.0 Å². The lowest BCUT2D eigenvalue weighted by Crippen LogP contribution is -2.72. The van der Waals surface area contributed by atoms with Crippen LogP contribution in [0.4, 0.5) is 9.52 Å². The zero-order valence-corrected chi connectivity index (χ0v) is 22.4. The molecular weight excluding hydrogens is 579 g/mol. The summed E-state index contributed by atoms with van der Waals surface area (Å²) in [5.74, 6) is -2.60. The Balaban J connectivity index is 1.35. The minimum absolute atomic E-state index is 0.109. The molecule has 2 aromatic heterocycles. The molecule has 1 saturated heterocycles. The van der Waals surface area contributed by atoms with E-state index in [2.05, 4.69) is 20.4 Å². The number of amides is 2. The van der Waals surface area contributed by atoms with Crippen molar-refractivity contribution in [2.75, 3.05) is 19.0 Å². The predicted octanol–water partition coefficient (Wildman–Crippen LogP) is 3.26. The van der Waals surface area contributed by atoms with Gasteiger partial charge in [-0.05, 0) is 31.0 Å². The van der Waals surface area contributed by atoms with E-state index in [9.17, 15) is 23.9 Å². The van der Waals surface area contributed by atoms with E-state index in [-0.39, 0.29) is 28.8 Å². The van der Waals surface area contributed by atoms with Crippen LogP contribution in [-0.4, -0.2) is 68.8 Å². The molecule has 16 heteroatoms. The molecule has 0 radical (unpaired) electrons. The number of alkyl halides is 1. The quantitative estimate of drug-likeness (QED) is 0.146. The number of nitrogen functional groups attached to an aromatic ring is 1. The van der Waals surface area contributed by atoms with Crippen molar-refractivity contribution in [2.24, 2.45) is 5.16 Å². The summed E-state index contributed by atoms with van der Waals surface area (Å²) in [6.07, 6.45) is 0.786. The number of thiazole rings is 2. The molecule has 198 valence electrons. The molecule has 0 aliphatic carbocycles. The minimum atomic E-state index is -1.25. The van der Waals surface area contributed by atoms with Gasteiger partial charge in [0.1, 0.15) is 30.7 Å². The summed E-state index contributed by atoms with van der Waals surface area (Å²) in [4.78, 5) is 53.3. The number of aromatic nitrogens is 2. The number of allylic oxidation sites excluding steroid dienone is 1. The van der Waals surface area contributed by atoms with Gasteiger partial charge in [-0.25, -0.2) is 19.2 Å². The standard InChI is InChI=1S/C22H18ClFN6O5S3/c23-9-1-3-13-10(7-9)27-22(37-13)38-14-4-2-12-16(19(32)30(12)17(14)20(33)34)28-18(31)15(29-35-6-5-24)11-8-36-21(25)26-11/h1,3,7-8,12,16H,2,4-6H2,(H2,25,26)(H,28,31)(H,33,34)/b29-15+/t12-,16+/m1/s1. The van der Waals surface area contributed by atoms with Gasteiger partial charge in [0.2, 0.25) is 0 Å². The van der Waals surface area contributed by atoms with E-state index in [1.165, 1.54) is 33.4 Å². The summed E-state index contributed by atoms with van der Waals surface area (Å²) in [7, 11) is 0. The molecule has 4 N–H and O–H groups in total. The van der Waals surface area contributed by atoms with E-state index in [1.54, 1.807) is 12.1 Å². The number of carboxylic acids is 1. The van der Waals surface area contributed by atoms with E-state index >= 15 is 0 Å². The average molecular weight is 597 g/mol. The molecule has 11 nitrogen and oxygen atoms in total. The van der Waals surface area contributed by atoms with Crippen LogP contribution < -0.4 is 11.1 Å². The molecule has 0 unspecified atom stereocenters. The lowest BCUT2D eigenvalue weighted by atomic mass is 9.86. The smallest absolute Gasteiger partial charge is 0.353 e. The normalized spacial score (nSPS) is 19.4. The first-order chi connectivity index (χ1) is 18.3. The fraction of sp³-hybridized carbons (Fsp3) is 0.273. The Hall–Kier alpha value is -3.27. The predicted molar refractivity (Wildman–Crippen MR) is 142 cm³/mol. The van der Waals surface area contributed by atoms with Crippen LogP contribution in [0.5, 0.6) is 0 Å². The largest absolute Gasteiger partial charge is 0.477 e. The van der Waals surface area contributed by atoms with Crippen LogP contribution in [0, 0.1) is 0 Å². The number of fused-ring (bicyclic) bond motifs is 2. The molecule has 4 heterocycles. The molecule has 0 spiro atoms. The number of aliphatic carboxylic acids is 1. The third-order valence-electron chi connectivity index (χ3n) is 5.73. The molecule has 1 aromatic carbocycles. The van der Waals surface area contributed by atoms with Gasteiger partial charge in [-0.15, -0.1) is 22.7 Å². The number of thioether (sulfide) groups is 1. The van der Waals surface area contributed by atoms with E-state index in [1.807, 2.05) is 6.07 Å². The van der Waals surface area contributed by atoms with Crippen molar-refractivity contribution >= 4 is 84.9 Å². The van der Waals surface area contributed by atoms with Crippen molar-refractivity contribution < 1.29 is 28.7 Å². The number of carbonyl (C=O) groups excluding carboxylic acids is 2. The molecule has 2 amide bonds. The van der Waals surface area contributed by atoms with Gasteiger partial charge in [0.15, 0.2) is 15.2 Å². The highest BCUT2D eigenvalue weighted by atomic mass is 35.5. The van der Waals surface area contributed by atoms with Gasteiger partial charge in [0.25, 0.3) is 11.8 Å². The molecule has 3 aromatic rings. The van der Waals surface area contributed by atoms with Crippen molar-refractivity contribution in [1.29, 1.82) is 0 Å². The molecule has 2 aliphatic rings. The van der Waals surface area contributed by atoms with Crippen LogP contribution in [0.1, 0.15) is 18.5 Å². The molecule has 0 saturated carbocycles. The SMILES string of the molecule is Nc1nc(/C(=N\OCCF)C(=O)N[C@@H]2C(=O)N3C(C(=O)O)=C(Sc4nc5cc(Cl)ccc5s4)CC[C@H]23)cs1. The van der Waals surface area contributed by atoms with E-state index in [4.69, 9.17) is 22.2 Å². The number of hydrogen-bond acceptors (Lipinski definition) is 11. The number of nitrogens with one attached hydrogen (secondary N) is 1. The highest BCUT2D eigenvalue weighted by molar-refractivity contribution is 8.04. The van der Waals surface area contributed by atoms with Crippen molar-refractivity contribution in [2.45, 2.75) is 29.3 Å². The second-order valence-electron chi connectivity index (χ2n) is 8.07. The maximum absolute atomic E-state index is 13.1. The zero-order valence-electron chi connectivity index (χ0n) is 19.2. The number of halogens is 2. The zero-order chi connectivity index (χ0) is 27.0. The summed E-state index contributed by atoms with van der Waals surface area (Å²) in [6, 6.07) is 3.78. The topological polar surface area (TPSA) is 160 Å². The minimum Gasteiger partial charge on any atom is -0.477 e. The number of benzene rings is 1. The lowest BCUT2D eigenvalue weighted by Gasteiger charge is -2.49. The van der Waals surface area contributed by atoms with E-state index in [0.29, 0.717) is 32.6 Å². The Kier molecular flexibility index (Phi) is 7.52. The highest BCUT2D eigenvalue weighted by Gasteiger charge is 2.54. The number of carbonyl (C=O) groups is 3. The van der Waals surface area contributed by atoms with Gasteiger partial charge >= 0.3 is 5.97 Å². The van der Waals surface area contributed by atoms with Gasteiger partial charge in [-0.2, -0.15) is 0 Å². The van der Waals surface area contributed by atoms with Crippen LogP contribution in [0.25, 0.3) is 10.2 Å². The molecule has 2 atom stereocenters. The Morgan fingerprint density at radius 3 is 2.92 bits per heavy atom. The highest BCUT2D eigenvalue weighted by Crippen LogP contribution is 2.44. The maximum atomic E-state index is 13.1. The van der Waals surface area contributed by atoms with Crippen LogP contribution in [0.2, 0.25) is 5.02 Å². The molecule has 1 fully saturated rings. The number of β-lactam (4-membered cyclic amide) rings is 1. The van der Waals surface area contributed by atoms with Crippen molar-refractivity contribution in [3.8, 4) is 0 Å². The van der Waals surface area contributed by atoms with Gasteiger partial charge < -0.3 is 21.0 Å². The van der Waals surface area contributed by atoms with Crippen LogP contribution in [0.15, 0.2) is 43.7 Å². The Labute approximate surface area is 231 Å². The van der Waals surface area contributed by atoms with Crippen molar-refractivity contribution in [1.82, 2.24) is 20.2 Å². The molecular formula is C22H18ClFN6O5S3. The first-order valence-corrected chi connectivity index (χ1v) is 14.0. The molecule has 0 bridgehead atoms. The Bertz CT molecular complexity index is 1510. The maximum Gasteiger partial charge on any atom is 0.353 e. The number of nitrogens with two attached hydrogens (primary N) is 1. The number of carboxylic acid groups (broad SMARTS) is 1. The van der Waals surface area contributed by atoms with E-state index in [0.717, 1.165) is 16.0 Å². The van der Waals surface area contributed by atoms with E-state index < -0.39 is 36.5 Å². The number of oxime groups is 1. The molecule has 5 rings (SSSR count). The summed E-state index contributed by atoms with van der Waals surface area (Å²) in [5, 5.41) is 18.4. The number of hydrogen-bond donors (Lipinski definition) is 3. The van der Waals surface area contributed by atoms with Crippen LogP contribution in [0.3, 0.4) is 0 Å². The summed E-state index contributed by atoms with van der Waals surface area (Å²) < 4.78 is 14.0. The van der Waals surface area contributed by atoms with Crippen molar-refractivity contribution in [3.05, 3.63) is 44.9 Å². The first-order valence-electron chi connectivity index (χ1n) is 11.1. The number of rotatable bonds is 9. The van der Waals surface area contributed by atoms with Crippen molar-refractivity contribution in [3.63, 3.8) is 0 Å². The summed E-state index contributed by atoms with van der Waals surface area (Å²) in [6.45, 7) is -1.19. The fourth-order valence-corrected chi connectivity index (χ4v) is 7.10. The number of nitrogens with zero attached hydrogens (tertiary/aromatic N) is 4.